The highest BCUT2D eigenvalue weighted by molar-refractivity contribution is 6.01. The van der Waals surface area contributed by atoms with E-state index in [1.165, 1.54) is 37.7 Å². The Hall–Kier alpha value is -4.53. The largest absolute Gasteiger partial charge is 0.418 e. The monoisotopic (exact) mass is 537 g/mol. The molecule has 1 aliphatic heterocycles. The molecule has 0 aromatic heterocycles. The number of hydrogen-bond donors (Lipinski definition) is 0. The number of rotatable bonds is 5. The van der Waals surface area contributed by atoms with E-state index in [0.29, 0.717) is 11.8 Å². The van der Waals surface area contributed by atoms with E-state index >= 15 is 0 Å². The molecule has 3 aromatic rings. The minimum Gasteiger partial charge on any atom is -0.418 e. The number of ether oxygens (including phenoxy) is 1. The maximum Gasteiger partial charge on any atom is 0.331 e. The minimum absolute atomic E-state index is 0.179. The summed E-state index contributed by atoms with van der Waals surface area (Å²) < 4.78 is 5.44. The van der Waals surface area contributed by atoms with E-state index < -0.39 is 27.2 Å². The first-order valence-corrected chi connectivity index (χ1v) is 13.7. The number of anilines is 2. The van der Waals surface area contributed by atoms with Gasteiger partial charge in [-0.25, -0.2) is 4.79 Å². The average molecular weight is 538 g/mol. The third-order valence-corrected chi connectivity index (χ3v) is 9.10. The lowest BCUT2D eigenvalue weighted by molar-refractivity contribution is -0.394. The Morgan fingerprint density at radius 2 is 1.38 bits per heavy atom. The van der Waals surface area contributed by atoms with E-state index in [4.69, 9.17) is 4.74 Å². The Balaban J connectivity index is 1.27. The van der Waals surface area contributed by atoms with Gasteiger partial charge < -0.3 is 9.64 Å². The third-order valence-electron chi connectivity index (χ3n) is 9.10. The van der Waals surface area contributed by atoms with Gasteiger partial charge in [-0.05, 0) is 79.5 Å². The van der Waals surface area contributed by atoms with Crippen LogP contribution in [0.25, 0.3) is 5.57 Å². The van der Waals surface area contributed by atoms with E-state index in [2.05, 4.69) is 12.1 Å². The molecule has 0 N–H and O–H groups in total. The van der Waals surface area contributed by atoms with Crippen LogP contribution in [-0.2, 0) is 4.79 Å². The van der Waals surface area contributed by atoms with Crippen molar-refractivity contribution in [3.8, 4) is 5.75 Å². The molecule has 0 unspecified atom stereocenters. The Kier molecular flexibility index (Phi) is 5.69. The maximum absolute atomic E-state index is 13.2. The summed E-state index contributed by atoms with van der Waals surface area (Å²) in [5.74, 6) is 1.87. The van der Waals surface area contributed by atoms with Crippen LogP contribution in [0.5, 0.6) is 5.75 Å². The Morgan fingerprint density at radius 3 is 1.93 bits per heavy atom. The number of esters is 1. The molecule has 4 bridgehead atoms. The highest BCUT2D eigenvalue weighted by atomic mass is 16.6. The van der Waals surface area contributed by atoms with Crippen LogP contribution in [0, 0.1) is 43.9 Å². The second-order valence-corrected chi connectivity index (χ2v) is 11.4. The zero-order valence-corrected chi connectivity index (χ0v) is 21.7. The molecule has 5 aliphatic rings. The average Bonchev–Trinajstić information content (AvgIpc) is 2.93. The van der Waals surface area contributed by atoms with E-state index in [1.54, 1.807) is 5.57 Å². The normalized spacial score (nSPS) is 23.9. The van der Waals surface area contributed by atoms with Crippen molar-refractivity contribution in [2.45, 2.75) is 32.1 Å². The van der Waals surface area contributed by atoms with Gasteiger partial charge in [0, 0.05) is 28.6 Å². The fraction of sp³-hybridized carbons (Fsp3) is 0.323. The molecule has 0 saturated heterocycles. The first-order chi connectivity index (χ1) is 19.4. The molecule has 9 nitrogen and oxygen atoms in total. The van der Waals surface area contributed by atoms with Crippen LogP contribution in [0.2, 0.25) is 0 Å². The molecule has 4 aliphatic carbocycles. The molecule has 8 rings (SSSR count). The quantitative estimate of drug-likeness (QED) is 0.152. The summed E-state index contributed by atoms with van der Waals surface area (Å²) in [5, 5.41) is 22.7. The number of hydrogen-bond acceptors (Lipinski definition) is 7. The second kappa shape index (κ2) is 9.29. The zero-order valence-electron chi connectivity index (χ0n) is 21.7. The Bertz CT molecular complexity index is 1530. The van der Waals surface area contributed by atoms with Gasteiger partial charge in [0.1, 0.15) is 6.54 Å². The molecule has 0 atom stereocenters. The van der Waals surface area contributed by atoms with Gasteiger partial charge in [-0.1, -0.05) is 42.0 Å². The Labute approximate surface area is 230 Å². The third kappa shape index (κ3) is 3.95. The number of para-hydroxylation sites is 2. The van der Waals surface area contributed by atoms with Crippen molar-refractivity contribution in [2.24, 2.45) is 23.7 Å². The summed E-state index contributed by atoms with van der Waals surface area (Å²) >= 11 is 0. The number of benzene rings is 3. The molecule has 1 heterocycles. The molecule has 3 aromatic carbocycles. The van der Waals surface area contributed by atoms with Crippen molar-refractivity contribution < 1.29 is 19.4 Å². The smallest absolute Gasteiger partial charge is 0.331 e. The van der Waals surface area contributed by atoms with E-state index in [0.717, 1.165) is 52.5 Å². The number of allylic oxidation sites excluding steroid dienone is 1. The van der Waals surface area contributed by atoms with Crippen molar-refractivity contribution in [3.63, 3.8) is 0 Å². The standard InChI is InChI=1S/C31H27N3O6/c35-29(40-28-10-9-22(33(36)37)16-27(28)34(38)39)17-32-25-7-3-1-5-23(25)31(24-6-2-4-8-26(24)32)30-20-12-18-11-19(14-20)15-21(30)13-18/h1-10,16,18-21H,11-15,17H2. The van der Waals surface area contributed by atoms with Gasteiger partial charge in [-0.2, -0.15) is 0 Å². The predicted molar refractivity (Wildman–Crippen MR) is 148 cm³/mol. The summed E-state index contributed by atoms with van der Waals surface area (Å²) in [6.45, 7) is -0.179. The molecular weight excluding hydrogens is 510 g/mol. The number of carbonyl (C=O) groups excluding carboxylic acids is 1. The lowest BCUT2D eigenvalue weighted by atomic mass is 9.53. The highest BCUT2D eigenvalue weighted by Gasteiger charge is 2.47. The van der Waals surface area contributed by atoms with E-state index in [-0.39, 0.29) is 12.3 Å². The summed E-state index contributed by atoms with van der Waals surface area (Å²) in [6.07, 6.45) is 6.44. The Morgan fingerprint density at radius 1 is 0.800 bits per heavy atom. The summed E-state index contributed by atoms with van der Waals surface area (Å²) in [7, 11) is 0. The number of nitro benzene ring substituents is 2. The fourth-order valence-corrected chi connectivity index (χ4v) is 7.83. The first-order valence-electron chi connectivity index (χ1n) is 13.7. The zero-order chi connectivity index (χ0) is 27.5. The van der Waals surface area contributed by atoms with E-state index in [1.807, 2.05) is 41.3 Å². The van der Waals surface area contributed by atoms with Crippen LogP contribution in [0.1, 0.15) is 43.2 Å². The summed E-state index contributed by atoms with van der Waals surface area (Å²) in [5.41, 5.74) is 5.79. The van der Waals surface area contributed by atoms with Crippen LogP contribution < -0.4 is 9.64 Å². The second-order valence-electron chi connectivity index (χ2n) is 11.4. The number of non-ortho nitro benzene ring substituents is 1. The molecular formula is C31H27N3O6. The molecule has 202 valence electrons. The maximum atomic E-state index is 13.2. The van der Waals surface area contributed by atoms with Crippen molar-refractivity contribution >= 4 is 34.3 Å². The highest BCUT2D eigenvalue weighted by Crippen LogP contribution is 2.60. The van der Waals surface area contributed by atoms with Crippen LogP contribution >= 0.6 is 0 Å². The van der Waals surface area contributed by atoms with Crippen molar-refractivity contribution in [2.75, 3.05) is 11.4 Å². The molecule has 0 spiro atoms. The molecule has 0 radical (unpaired) electrons. The van der Waals surface area contributed by atoms with Crippen LogP contribution in [-0.4, -0.2) is 22.4 Å². The van der Waals surface area contributed by atoms with Gasteiger partial charge in [-0.15, -0.1) is 0 Å². The number of nitro groups is 2. The van der Waals surface area contributed by atoms with Crippen molar-refractivity contribution in [1.29, 1.82) is 0 Å². The van der Waals surface area contributed by atoms with Gasteiger partial charge in [-0.3, -0.25) is 20.2 Å². The van der Waals surface area contributed by atoms with Crippen LogP contribution in [0.4, 0.5) is 22.7 Å². The first kappa shape index (κ1) is 24.5. The van der Waals surface area contributed by atoms with Gasteiger partial charge in [0.2, 0.25) is 5.75 Å². The lowest BCUT2D eigenvalue weighted by Gasteiger charge is -2.53. The number of carbonyl (C=O) groups is 1. The molecule has 4 fully saturated rings. The lowest BCUT2D eigenvalue weighted by Crippen LogP contribution is -2.41. The SMILES string of the molecule is O=C(CN1c2ccccc2C(=C2C3CC4CC(C3)CC2C4)c2ccccc21)Oc1ccc([N+](=O)[O-])cc1[N+](=O)[O-]. The number of fused-ring (bicyclic) bond motifs is 2. The fourth-order valence-electron chi connectivity index (χ4n) is 7.83. The predicted octanol–water partition coefficient (Wildman–Crippen LogP) is 6.82. The summed E-state index contributed by atoms with van der Waals surface area (Å²) in [6, 6.07) is 19.2. The van der Waals surface area contributed by atoms with Gasteiger partial charge in [0.05, 0.1) is 15.9 Å². The minimum atomic E-state index is -0.787. The van der Waals surface area contributed by atoms with Crippen LogP contribution in [0.3, 0.4) is 0 Å². The van der Waals surface area contributed by atoms with E-state index in [9.17, 15) is 25.0 Å². The summed E-state index contributed by atoms with van der Waals surface area (Å²) in [4.78, 5) is 36.3. The molecule has 9 heteroatoms. The molecule has 0 amide bonds. The van der Waals surface area contributed by atoms with Gasteiger partial charge in [0.25, 0.3) is 5.69 Å². The van der Waals surface area contributed by atoms with Gasteiger partial charge >= 0.3 is 11.7 Å². The molecule has 4 saturated carbocycles. The number of nitrogens with zero attached hydrogens (tertiary/aromatic N) is 3. The van der Waals surface area contributed by atoms with Crippen molar-refractivity contribution in [3.05, 3.63) is 104 Å². The van der Waals surface area contributed by atoms with Crippen molar-refractivity contribution in [1.82, 2.24) is 0 Å². The topological polar surface area (TPSA) is 116 Å². The van der Waals surface area contributed by atoms with Crippen LogP contribution in [0.15, 0.2) is 72.3 Å². The molecule has 40 heavy (non-hydrogen) atoms. The van der Waals surface area contributed by atoms with Gasteiger partial charge in [0.15, 0.2) is 0 Å².